The molecule has 2 heterocycles. The lowest BCUT2D eigenvalue weighted by Gasteiger charge is -2.14. The highest BCUT2D eigenvalue weighted by atomic mass is 32.2. The molecule has 0 saturated heterocycles. The molecule has 1 unspecified atom stereocenters. The first-order valence-corrected chi connectivity index (χ1v) is 12.2. The van der Waals surface area contributed by atoms with Crippen molar-refractivity contribution in [3.63, 3.8) is 0 Å². The lowest BCUT2D eigenvalue weighted by molar-refractivity contribution is -0.153. The van der Waals surface area contributed by atoms with Gasteiger partial charge in [0.1, 0.15) is 17.1 Å². The zero-order valence-electron chi connectivity index (χ0n) is 20.1. The molecule has 0 spiro atoms. The first-order valence-electron chi connectivity index (χ1n) is 10.9. The van der Waals surface area contributed by atoms with Crippen LogP contribution < -0.4 is 9.47 Å². The van der Waals surface area contributed by atoms with Gasteiger partial charge in [0.05, 0.1) is 16.7 Å². The lowest BCUT2D eigenvalue weighted by Crippen LogP contribution is -2.20. The molecule has 0 fully saturated rings. The summed E-state index contributed by atoms with van der Waals surface area (Å²) in [5.74, 6) is -1.48. The van der Waals surface area contributed by atoms with Gasteiger partial charge in [-0.3, -0.25) is 14.8 Å². The van der Waals surface area contributed by atoms with Crippen LogP contribution in [0.5, 0.6) is 11.5 Å². The van der Waals surface area contributed by atoms with Crippen LogP contribution >= 0.6 is 0 Å². The molecule has 1 atom stereocenters. The minimum atomic E-state index is -4.42. The number of aromatic amines is 1. The Morgan fingerprint density at radius 3 is 2.42 bits per heavy atom. The van der Waals surface area contributed by atoms with Crippen molar-refractivity contribution in [1.82, 2.24) is 15.0 Å². The van der Waals surface area contributed by atoms with E-state index in [1.165, 1.54) is 31.3 Å². The Labute approximate surface area is 217 Å². The summed E-state index contributed by atoms with van der Waals surface area (Å²) in [6, 6.07) is 14.6. The van der Waals surface area contributed by atoms with Crippen molar-refractivity contribution >= 4 is 34.1 Å². The van der Waals surface area contributed by atoms with Crippen molar-refractivity contribution in [1.29, 1.82) is 0 Å². The Morgan fingerprint density at radius 1 is 1.08 bits per heavy atom. The van der Waals surface area contributed by atoms with E-state index < -0.39 is 35.9 Å². The number of alkyl halides is 3. The van der Waals surface area contributed by atoms with E-state index in [2.05, 4.69) is 19.7 Å². The topological polar surface area (TPSA) is 137 Å². The van der Waals surface area contributed by atoms with Crippen molar-refractivity contribution in [3.8, 4) is 11.5 Å². The Morgan fingerprint density at radius 2 is 1.76 bits per heavy atom. The summed E-state index contributed by atoms with van der Waals surface area (Å²) in [7, 11) is 0. The number of carbonyl (C=O) groups is 2. The van der Waals surface area contributed by atoms with Gasteiger partial charge in [-0.05, 0) is 37.3 Å². The number of H-pyrrole nitrogens is 1. The van der Waals surface area contributed by atoms with E-state index in [0.717, 1.165) is 5.52 Å². The summed E-state index contributed by atoms with van der Waals surface area (Å²) >= 11 is -1.51. The summed E-state index contributed by atoms with van der Waals surface area (Å²) in [5, 5.41) is 8.98. The highest BCUT2D eigenvalue weighted by Gasteiger charge is 2.29. The second-order valence-corrected chi connectivity index (χ2v) is 9.09. The van der Waals surface area contributed by atoms with Gasteiger partial charge >= 0.3 is 23.3 Å². The molecule has 200 valence electrons. The summed E-state index contributed by atoms with van der Waals surface area (Å²) in [6.45, 7) is 1.42. The Balaban J connectivity index is 0.000000260. The average molecular weight is 550 g/mol. The van der Waals surface area contributed by atoms with Crippen molar-refractivity contribution in [3.05, 3.63) is 77.6 Å². The fourth-order valence-corrected chi connectivity index (χ4v) is 4.24. The SMILES string of the molecule is CC(=O)Oc1ccccc1C(=O)O.Cc1c(OCC(F)(F)F)ccnc1C[S+]([O-])c1nc2ccccc2[nH]1. The molecule has 4 aromatic rings. The maximum atomic E-state index is 12.5. The Hall–Kier alpha value is -4.10. The third kappa shape index (κ3) is 7.95. The number of carboxylic acid groups (broad SMARTS) is 1. The van der Waals surface area contributed by atoms with Gasteiger partial charge in [-0.15, -0.1) is 0 Å². The van der Waals surface area contributed by atoms with Gasteiger partial charge < -0.3 is 19.1 Å². The van der Waals surface area contributed by atoms with E-state index in [-0.39, 0.29) is 22.8 Å². The molecule has 0 aliphatic heterocycles. The molecule has 2 aromatic carbocycles. The number of benzene rings is 2. The summed E-state index contributed by atoms with van der Waals surface area (Å²) < 4.78 is 58.9. The van der Waals surface area contributed by atoms with E-state index in [1.54, 1.807) is 25.1 Å². The standard InChI is InChI=1S/C16H14F3N3O2S.C9H8O4/c1-10-13(20-7-6-14(10)24-9-16(17,18)19)8-25(23)15-21-11-4-2-3-5-12(11)22-15;1-6(10)13-8-5-3-2-4-7(8)9(11)12/h2-7H,8-9H2,1H3,(H,21,22);2-5H,1H3,(H,11,12). The number of hydrogen-bond acceptors (Lipinski definition) is 7. The third-order valence-electron chi connectivity index (χ3n) is 4.87. The first-order chi connectivity index (χ1) is 17.9. The zero-order valence-corrected chi connectivity index (χ0v) is 20.9. The quantitative estimate of drug-likeness (QED) is 0.190. The number of fused-ring (bicyclic) bond motifs is 1. The number of hydrogen-bond donors (Lipinski definition) is 2. The van der Waals surface area contributed by atoms with Crippen molar-refractivity contribution in [2.45, 2.75) is 30.9 Å². The second-order valence-electron chi connectivity index (χ2n) is 7.73. The fourth-order valence-electron chi connectivity index (χ4n) is 3.14. The molecule has 0 radical (unpaired) electrons. The van der Waals surface area contributed by atoms with Crippen LogP contribution in [0.2, 0.25) is 0 Å². The third-order valence-corrected chi connectivity index (χ3v) is 6.03. The van der Waals surface area contributed by atoms with Gasteiger partial charge in [0, 0.05) is 29.9 Å². The number of carbonyl (C=O) groups excluding carboxylic acids is 1. The van der Waals surface area contributed by atoms with E-state index in [1.807, 2.05) is 18.2 Å². The number of esters is 1. The molecule has 9 nitrogen and oxygen atoms in total. The van der Waals surface area contributed by atoms with Crippen LogP contribution in [0, 0.1) is 6.92 Å². The van der Waals surface area contributed by atoms with Gasteiger partial charge in [0.15, 0.2) is 12.4 Å². The molecule has 0 amide bonds. The molecule has 0 aliphatic rings. The molecular weight excluding hydrogens is 527 g/mol. The van der Waals surface area contributed by atoms with Crippen LogP contribution in [-0.2, 0) is 21.7 Å². The number of nitrogens with one attached hydrogen (secondary N) is 1. The van der Waals surface area contributed by atoms with Gasteiger partial charge in [0.25, 0.3) is 0 Å². The number of aromatic carboxylic acids is 1. The number of rotatable bonds is 7. The smallest absolute Gasteiger partial charge is 0.422 e. The normalized spacial score (nSPS) is 11.8. The Kier molecular flexibility index (Phi) is 9.31. The lowest BCUT2D eigenvalue weighted by atomic mass is 10.2. The van der Waals surface area contributed by atoms with Crippen molar-refractivity contribution in [2.24, 2.45) is 0 Å². The fraction of sp³-hybridized carbons (Fsp3) is 0.200. The number of carboxylic acids is 1. The van der Waals surface area contributed by atoms with Gasteiger partial charge in [-0.25, -0.2) is 4.79 Å². The van der Waals surface area contributed by atoms with Crippen LogP contribution in [0.25, 0.3) is 11.0 Å². The number of para-hydroxylation sites is 3. The van der Waals surface area contributed by atoms with Crippen molar-refractivity contribution in [2.75, 3.05) is 6.61 Å². The predicted molar refractivity (Wildman–Crippen MR) is 131 cm³/mol. The highest BCUT2D eigenvalue weighted by Crippen LogP contribution is 2.26. The van der Waals surface area contributed by atoms with E-state index in [4.69, 9.17) is 9.84 Å². The molecule has 13 heteroatoms. The van der Waals surface area contributed by atoms with Crippen LogP contribution in [0.3, 0.4) is 0 Å². The van der Waals surface area contributed by atoms with Crippen molar-refractivity contribution < 1.29 is 41.9 Å². The number of aromatic nitrogens is 3. The monoisotopic (exact) mass is 549 g/mol. The van der Waals surface area contributed by atoms with Gasteiger partial charge in [-0.1, -0.05) is 24.3 Å². The maximum absolute atomic E-state index is 12.5. The predicted octanol–water partition coefficient (Wildman–Crippen LogP) is 4.83. The number of nitrogens with zero attached hydrogens (tertiary/aromatic N) is 2. The van der Waals surface area contributed by atoms with Gasteiger partial charge in [0.2, 0.25) is 0 Å². The van der Waals surface area contributed by atoms with E-state index >= 15 is 0 Å². The minimum Gasteiger partial charge on any atom is -0.609 e. The number of ether oxygens (including phenoxy) is 2. The largest absolute Gasteiger partial charge is 0.609 e. The Bertz CT molecular complexity index is 1390. The maximum Gasteiger partial charge on any atom is 0.422 e. The van der Waals surface area contributed by atoms with Crippen LogP contribution in [0.15, 0.2) is 66.0 Å². The van der Waals surface area contributed by atoms with E-state index in [9.17, 15) is 27.3 Å². The van der Waals surface area contributed by atoms with Crippen LogP contribution in [0.4, 0.5) is 13.2 Å². The minimum absolute atomic E-state index is 0.0160. The van der Waals surface area contributed by atoms with Crippen LogP contribution in [-0.4, -0.2) is 49.3 Å². The molecule has 2 aromatic heterocycles. The molecule has 2 N–H and O–H groups in total. The second kappa shape index (κ2) is 12.4. The summed E-state index contributed by atoms with van der Waals surface area (Å²) in [6.07, 6.45) is -3.09. The van der Waals surface area contributed by atoms with E-state index in [0.29, 0.717) is 21.9 Å². The number of halogens is 3. The first kappa shape index (κ1) is 28.5. The average Bonchev–Trinajstić information content (AvgIpc) is 3.29. The summed E-state index contributed by atoms with van der Waals surface area (Å²) in [5.41, 5.74) is 2.27. The molecule has 0 bridgehead atoms. The number of pyridine rings is 1. The zero-order chi connectivity index (χ0) is 27.9. The highest BCUT2D eigenvalue weighted by molar-refractivity contribution is 7.90. The molecule has 38 heavy (non-hydrogen) atoms. The molecule has 0 aliphatic carbocycles. The molecule has 4 rings (SSSR count). The van der Waals surface area contributed by atoms with Crippen LogP contribution in [0.1, 0.15) is 28.5 Å². The summed E-state index contributed by atoms with van der Waals surface area (Å²) in [4.78, 5) is 32.5. The van der Waals surface area contributed by atoms with Gasteiger partial charge in [-0.2, -0.15) is 18.2 Å². The number of imidazole rings is 1. The molecule has 0 saturated carbocycles. The molecular formula is C25H22F3N3O6S.